The molecule has 2 aliphatic rings. The van der Waals surface area contributed by atoms with E-state index >= 15 is 0 Å². The van der Waals surface area contributed by atoms with Crippen molar-refractivity contribution in [1.82, 2.24) is 15.2 Å². The van der Waals surface area contributed by atoms with Crippen LogP contribution in [0.5, 0.6) is 0 Å². The van der Waals surface area contributed by atoms with Gasteiger partial charge in [-0.15, -0.1) is 0 Å². The largest absolute Gasteiger partial charge is 0.353 e. The predicted octanol–water partition coefficient (Wildman–Crippen LogP) is 4.88. The minimum absolute atomic E-state index is 0.241. The average molecular weight is 574 g/mol. The van der Waals surface area contributed by atoms with E-state index in [9.17, 15) is 4.79 Å². The van der Waals surface area contributed by atoms with Crippen LogP contribution in [0, 0.1) is 0 Å². The molecule has 1 unspecified atom stereocenters. The van der Waals surface area contributed by atoms with Crippen LogP contribution in [0.25, 0.3) is 0 Å². The zero-order valence-corrected chi connectivity index (χ0v) is 23.0. The van der Waals surface area contributed by atoms with Crippen molar-refractivity contribution in [2.75, 3.05) is 43.0 Å². The van der Waals surface area contributed by atoms with Crippen LogP contribution in [0.1, 0.15) is 11.1 Å². The Morgan fingerprint density at radius 3 is 2.46 bits per heavy atom. The molecule has 37 heavy (non-hydrogen) atoms. The predicted molar refractivity (Wildman–Crippen MR) is 155 cm³/mol. The van der Waals surface area contributed by atoms with Crippen molar-refractivity contribution in [3.05, 3.63) is 87.0 Å². The summed E-state index contributed by atoms with van der Waals surface area (Å²) in [5.74, 6) is 0.590. The van der Waals surface area contributed by atoms with Crippen molar-refractivity contribution in [3.63, 3.8) is 0 Å². The number of thiocarbonyl (C=S) groups is 1. The third kappa shape index (κ3) is 5.38. The summed E-state index contributed by atoms with van der Waals surface area (Å²) in [6.45, 7) is 2.75. The number of aliphatic imine (C=N–C) groups is 1. The Labute approximate surface area is 235 Å². The molecule has 7 nitrogen and oxygen atoms in total. The SMILES string of the molecule is CN1C(=O)C(NC(=S)N2CCN(c3cccc(Cl)n3)CC2)N=C(c2ccccc2Cl)c2cc(Cl)ccc21. The van der Waals surface area contributed by atoms with E-state index in [0.717, 1.165) is 5.82 Å². The fraction of sp³-hybridized carbons (Fsp3) is 0.231. The van der Waals surface area contributed by atoms with Crippen molar-refractivity contribution in [2.45, 2.75) is 6.17 Å². The molecule has 0 saturated carbocycles. The topological polar surface area (TPSA) is 64.1 Å². The lowest BCUT2D eigenvalue weighted by Gasteiger charge is -2.37. The van der Waals surface area contributed by atoms with Gasteiger partial charge in [-0.3, -0.25) is 4.79 Å². The molecule has 1 fully saturated rings. The van der Waals surface area contributed by atoms with Crippen LogP contribution >= 0.6 is 47.0 Å². The van der Waals surface area contributed by atoms with Gasteiger partial charge in [0.15, 0.2) is 5.11 Å². The quantitative estimate of drug-likeness (QED) is 0.356. The van der Waals surface area contributed by atoms with Crippen LogP contribution in [0.2, 0.25) is 15.2 Å². The van der Waals surface area contributed by atoms with Crippen LogP contribution in [0.15, 0.2) is 65.7 Å². The highest BCUT2D eigenvalue weighted by Gasteiger charge is 2.32. The number of amides is 1. The normalized spacial score (nSPS) is 17.7. The zero-order chi connectivity index (χ0) is 26.1. The molecule has 1 atom stereocenters. The van der Waals surface area contributed by atoms with Gasteiger partial charge in [0.05, 0.1) is 11.4 Å². The number of nitrogens with zero attached hydrogens (tertiary/aromatic N) is 5. The Morgan fingerprint density at radius 1 is 0.973 bits per heavy atom. The summed E-state index contributed by atoms with van der Waals surface area (Å²) in [5, 5.41) is 5.16. The molecule has 2 aromatic carbocycles. The smallest absolute Gasteiger partial charge is 0.272 e. The summed E-state index contributed by atoms with van der Waals surface area (Å²) < 4.78 is 0. The molecule has 3 aromatic rings. The highest BCUT2D eigenvalue weighted by Crippen LogP contribution is 2.32. The number of rotatable bonds is 3. The number of carbonyl (C=O) groups excluding carboxylic acids is 1. The third-order valence-electron chi connectivity index (χ3n) is 6.38. The van der Waals surface area contributed by atoms with Gasteiger partial charge in [0.1, 0.15) is 11.0 Å². The number of carbonyl (C=O) groups is 1. The standard InChI is InChI=1S/C26H23Cl3N6OS/c1-33-20-10-9-16(27)15-18(20)23(17-5-2-3-6-19(17)28)31-24(25(33)36)32-26(37)35-13-11-34(12-14-35)22-8-4-7-21(29)30-22/h2-10,15,24H,11-14H2,1H3,(H,32,37). The first-order chi connectivity index (χ1) is 17.8. The minimum atomic E-state index is -0.942. The zero-order valence-electron chi connectivity index (χ0n) is 19.9. The fourth-order valence-electron chi connectivity index (χ4n) is 4.43. The number of anilines is 2. The van der Waals surface area contributed by atoms with Crippen molar-refractivity contribution in [1.29, 1.82) is 0 Å². The molecular formula is C26H23Cl3N6OS. The molecule has 0 bridgehead atoms. The maximum atomic E-state index is 13.5. The molecule has 1 saturated heterocycles. The lowest BCUT2D eigenvalue weighted by atomic mass is 10.00. The maximum absolute atomic E-state index is 13.5. The van der Waals surface area contributed by atoms with E-state index < -0.39 is 6.17 Å². The monoisotopic (exact) mass is 572 g/mol. The molecule has 5 rings (SSSR count). The lowest BCUT2D eigenvalue weighted by molar-refractivity contribution is -0.119. The number of pyridine rings is 1. The van der Waals surface area contributed by atoms with E-state index in [0.29, 0.717) is 69.0 Å². The second-order valence-electron chi connectivity index (χ2n) is 8.66. The van der Waals surface area contributed by atoms with Crippen molar-refractivity contribution in [2.24, 2.45) is 4.99 Å². The van der Waals surface area contributed by atoms with Gasteiger partial charge in [-0.1, -0.05) is 59.1 Å². The molecule has 2 aliphatic heterocycles. The van der Waals surface area contributed by atoms with Crippen LogP contribution in [0.4, 0.5) is 11.5 Å². The van der Waals surface area contributed by atoms with E-state index in [4.69, 9.17) is 52.0 Å². The summed E-state index contributed by atoms with van der Waals surface area (Å²) in [6.07, 6.45) is -0.942. The summed E-state index contributed by atoms with van der Waals surface area (Å²) in [5.41, 5.74) is 2.68. The first kappa shape index (κ1) is 25.7. The number of likely N-dealkylation sites (N-methyl/N-ethyl adjacent to an activating group) is 1. The van der Waals surface area contributed by atoms with Crippen LogP contribution < -0.4 is 15.1 Å². The summed E-state index contributed by atoms with van der Waals surface area (Å²) in [4.78, 5) is 28.5. The van der Waals surface area contributed by atoms with Gasteiger partial charge in [-0.25, -0.2) is 9.98 Å². The Morgan fingerprint density at radius 2 is 1.73 bits per heavy atom. The van der Waals surface area contributed by atoms with E-state index in [1.807, 2.05) is 41.3 Å². The van der Waals surface area contributed by atoms with Crippen LogP contribution in [-0.2, 0) is 4.79 Å². The summed E-state index contributed by atoms with van der Waals surface area (Å²) in [7, 11) is 1.72. The number of nitrogens with one attached hydrogen (secondary N) is 1. The Bertz CT molecular complexity index is 1390. The van der Waals surface area contributed by atoms with Gasteiger partial charge in [0, 0.05) is 54.4 Å². The molecule has 1 amide bonds. The van der Waals surface area contributed by atoms with Crippen molar-refractivity contribution in [3.8, 4) is 0 Å². The van der Waals surface area contributed by atoms with Gasteiger partial charge >= 0.3 is 0 Å². The van der Waals surface area contributed by atoms with E-state index in [1.54, 1.807) is 36.2 Å². The number of benzene rings is 2. The lowest BCUT2D eigenvalue weighted by Crippen LogP contribution is -2.55. The second-order valence-corrected chi connectivity index (χ2v) is 10.3. The van der Waals surface area contributed by atoms with Gasteiger partial charge in [-0.2, -0.15) is 0 Å². The molecule has 190 valence electrons. The molecule has 11 heteroatoms. The number of hydrogen-bond acceptors (Lipinski definition) is 5. The average Bonchev–Trinajstić information content (AvgIpc) is 2.99. The number of benzodiazepines with no additional fused rings is 1. The molecular weight excluding hydrogens is 551 g/mol. The number of halogens is 3. The Kier molecular flexibility index (Phi) is 7.53. The molecule has 1 aromatic heterocycles. The minimum Gasteiger partial charge on any atom is -0.353 e. The molecule has 0 radical (unpaired) electrons. The van der Waals surface area contributed by atoms with Crippen molar-refractivity contribution < 1.29 is 4.79 Å². The number of piperazine rings is 1. The van der Waals surface area contributed by atoms with Crippen molar-refractivity contribution >= 4 is 75.3 Å². The highest BCUT2D eigenvalue weighted by molar-refractivity contribution is 7.80. The van der Waals surface area contributed by atoms with Gasteiger partial charge in [0.2, 0.25) is 6.17 Å². The number of hydrogen-bond donors (Lipinski definition) is 1. The van der Waals surface area contributed by atoms with Crippen LogP contribution in [-0.4, -0.2) is 66.0 Å². The molecule has 0 spiro atoms. The third-order valence-corrected chi connectivity index (χ3v) is 7.53. The molecule has 0 aliphatic carbocycles. The second kappa shape index (κ2) is 10.8. The Balaban J connectivity index is 1.40. The number of fused-ring (bicyclic) bond motifs is 1. The van der Waals surface area contributed by atoms with E-state index in [-0.39, 0.29) is 5.91 Å². The maximum Gasteiger partial charge on any atom is 0.272 e. The van der Waals surface area contributed by atoms with Gasteiger partial charge < -0.3 is 20.0 Å². The van der Waals surface area contributed by atoms with Crippen LogP contribution in [0.3, 0.4) is 0 Å². The number of aromatic nitrogens is 1. The Hall–Kier alpha value is -2.91. The van der Waals surface area contributed by atoms with Gasteiger partial charge in [0.25, 0.3) is 5.91 Å². The summed E-state index contributed by atoms with van der Waals surface area (Å²) in [6, 6.07) is 18.3. The highest BCUT2D eigenvalue weighted by atomic mass is 35.5. The van der Waals surface area contributed by atoms with E-state index in [2.05, 4.69) is 15.2 Å². The van der Waals surface area contributed by atoms with E-state index in [1.165, 1.54) is 0 Å². The first-order valence-corrected chi connectivity index (χ1v) is 13.2. The first-order valence-electron chi connectivity index (χ1n) is 11.6. The summed E-state index contributed by atoms with van der Waals surface area (Å²) >= 11 is 24.7. The molecule has 3 heterocycles. The molecule has 1 N–H and O–H groups in total. The fourth-order valence-corrected chi connectivity index (χ4v) is 5.28. The van der Waals surface area contributed by atoms with Gasteiger partial charge in [-0.05, 0) is 48.6 Å².